The van der Waals surface area contributed by atoms with Crippen molar-refractivity contribution in [3.8, 4) is 11.8 Å². The van der Waals surface area contributed by atoms with E-state index in [1.165, 1.54) is 12.5 Å². The lowest BCUT2D eigenvalue weighted by molar-refractivity contribution is -0.118. The summed E-state index contributed by atoms with van der Waals surface area (Å²) in [5, 5.41) is 5.17. The Morgan fingerprint density at radius 3 is 2.13 bits per heavy atom. The van der Waals surface area contributed by atoms with E-state index < -0.39 is 5.91 Å². The zero-order valence-corrected chi connectivity index (χ0v) is 21.9. The summed E-state index contributed by atoms with van der Waals surface area (Å²) >= 11 is 3.68. The molecule has 38 heavy (non-hydrogen) atoms. The largest absolute Gasteiger partial charge is 0.459 e. The Balaban J connectivity index is 0.000000348. The van der Waals surface area contributed by atoms with Gasteiger partial charge in [-0.25, -0.2) is 0 Å². The average Bonchev–Trinajstić information content (AvgIpc) is 3.39. The topological polar surface area (TPSA) is 127 Å². The number of aromatic nitrogens is 1. The van der Waals surface area contributed by atoms with Crippen LogP contribution in [0.1, 0.15) is 37.6 Å². The monoisotopic (exact) mass is 528 g/mol. The lowest BCUT2D eigenvalue weighted by atomic mass is 10.1. The standard InChI is InChI=1S/C20H15N3O3.C6H6.C3H7NOS/c1-13-7-8-26-18(13)20(25)23-17-4-2-3-14(10-17)5-6-15-9-16(19(21)24)12-22-11-15;1-2-4-6-5-3-1;1-4-3(5)2-6/h2-4,7-12H,1H3,(H2,21,24)(H,23,25);1-6H;6H,2H2,1H3,(H,4,5). The minimum atomic E-state index is -0.556. The van der Waals surface area contributed by atoms with Gasteiger partial charge in [0.15, 0.2) is 5.76 Å². The van der Waals surface area contributed by atoms with Crippen molar-refractivity contribution in [3.63, 3.8) is 0 Å². The van der Waals surface area contributed by atoms with Crippen LogP contribution in [0.25, 0.3) is 0 Å². The Kier molecular flexibility index (Phi) is 12.4. The first-order chi connectivity index (χ1) is 18.3. The third-order valence-corrected chi connectivity index (χ3v) is 4.94. The summed E-state index contributed by atoms with van der Waals surface area (Å²) in [6, 6.07) is 22.4. The Hall–Kier alpha value is -4.81. The van der Waals surface area contributed by atoms with Gasteiger partial charge in [0.1, 0.15) is 0 Å². The molecule has 0 atom stereocenters. The molecule has 0 saturated heterocycles. The third kappa shape index (κ3) is 10.4. The molecule has 0 fully saturated rings. The maximum atomic E-state index is 12.2. The molecule has 0 aliphatic heterocycles. The molecule has 2 aromatic heterocycles. The van der Waals surface area contributed by atoms with E-state index in [0.29, 0.717) is 22.4 Å². The molecule has 4 rings (SSSR count). The molecule has 2 heterocycles. The van der Waals surface area contributed by atoms with E-state index in [1.54, 1.807) is 50.5 Å². The predicted octanol–water partition coefficient (Wildman–Crippen LogP) is 4.08. The number of primary amides is 1. The van der Waals surface area contributed by atoms with Crippen LogP contribution in [0.4, 0.5) is 5.69 Å². The van der Waals surface area contributed by atoms with E-state index >= 15 is 0 Å². The Labute approximate surface area is 227 Å². The second-order valence-electron chi connectivity index (χ2n) is 7.53. The van der Waals surface area contributed by atoms with Gasteiger partial charge in [0.2, 0.25) is 11.8 Å². The van der Waals surface area contributed by atoms with Crippen LogP contribution < -0.4 is 16.4 Å². The molecule has 194 valence electrons. The maximum absolute atomic E-state index is 12.2. The number of amides is 3. The molecule has 0 unspecified atom stereocenters. The van der Waals surface area contributed by atoms with E-state index in [9.17, 15) is 14.4 Å². The highest BCUT2D eigenvalue weighted by atomic mass is 32.1. The van der Waals surface area contributed by atoms with Crippen LogP contribution >= 0.6 is 12.6 Å². The summed E-state index contributed by atoms with van der Waals surface area (Å²) in [5.74, 6) is 5.52. The molecule has 0 radical (unpaired) electrons. The SMILES string of the molecule is CNC(=O)CS.Cc1ccoc1C(=O)Nc1cccc(C#Cc2cncc(C(N)=O)c2)c1.c1ccccc1. The van der Waals surface area contributed by atoms with E-state index in [0.717, 1.165) is 5.56 Å². The Bertz CT molecular complexity index is 1380. The number of nitrogens with one attached hydrogen (secondary N) is 2. The molecule has 3 amide bonds. The second-order valence-corrected chi connectivity index (χ2v) is 7.85. The molecule has 4 N–H and O–H groups in total. The third-order valence-electron chi connectivity index (χ3n) is 4.65. The molecule has 0 aliphatic rings. The molecular formula is C29H28N4O4S. The quantitative estimate of drug-likeness (QED) is 0.234. The number of aryl methyl sites for hydroxylation is 1. The minimum Gasteiger partial charge on any atom is -0.459 e. The fraction of sp³-hybridized carbons (Fsp3) is 0.103. The molecule has 0 aliphatic carbocycles. The van der Waals surface area contributed by atoms with Crippen molar-refractivity contribution in [1.29, 1.82) is 0 Å². The number of anilines is 1. The molecule has 0 saturated carbocycles. The fourth-order valence-electron chi connectivity index (χ4n) is 2.72. The molecule has 9 heteroatoms. The zero-order valence-electron chi connectivity index (χ0n) is 21.0. The Morgan fingerprint density at radius 2 is 1.61 bits per heavy atom. The number of nitrogens with two attached hydrogens (primary N) is 1. The lowest BCUT2D eigenvalue weighted by Crippen LogP contribution is -2.18. The average molecular weight is 529 g/mol. The number of pyridine rings is 1. The number of carbonyl (C=O) groups is 3. The molecule has 0 bridgehead atoms. The Morgan fingerprint density at radius 1 is 0.947 bits per heavy atom. The van der Waals surface area contributed by atoms with Crippen LogP contribution in [0, 0.1) is 18.8 Å². The van der Waals surface area contributed by atoms with E-state index in [-0.39, 0.29) is 23.3 Å². The summed E-state index contributed by atoms with van der Waals surface area (Å²) in [5.41, 5.74) is 8.16. The molecule has 8 nitrogen and oxygen atoms in total. The lowest BCUT2D eigenvalue weighted by Gasteiger charge is -2.04. The van der Waals surface area contributed by atoms with Crippen molar-refractivity contribution in [2.45, 2.75) is 6.92 Å². The van der Waals surface area contributed by atoms with Crippen LogP contribution in [-0.4, -0.2) is 35.5 Å². The normalized spacial score (nSPS) is 9.24. The van der Waals surface area contributed by atoms with Gasteiger partial charge in [-0.2, -0.15) is 12.6 Å². The number of hydrogen-bond donors (Lipinski definition) is 4. The van der Waals surface area contributed by atoms with Gasteiger partial charge in [-0.05, 0) is 37.3 Å². The van der Waals surface area contributed by atoms with Crippen molar-refractivity contribution < 1.29 is 18.8 Å². The maximum Gasteiger partial charge on any atom is 0.291 e. The summed E-state index contributed by atoms with van der Waals surface area (Å²) in [4.78, 5) is 37.3. The fourth-order valence-corrected chi connectivity index (χ4v) is 2.88. The van der Waals surface area contributed by atoms with Crippen molar-refractivity contribution in [2.24, 2.45) is 5.73 Å². The van der Waals surface area contributed by atoms with Crippen molar-refractivity contribution in [1.82, 2.24) is 10.3 Å². The first-order valence-electron chi connectivity index (χ1n) is 11.4. The molecule has 0 spiro atoms. The van der Waals surface area contributed by atoms with Gasteiger partial charge in [0, 0.05) is 41.8 Å². The molecular weight excluding hydrogens is 500 g/mol. The molecule has 4 aromatic rings. The van der Waals surface area contributed by atoms with Gasteiger partial charge in [-0.1, -0.05) is 54.3 Å². The first-order valence-corrected chi connectivity index (χ1v) is 12.0. The number of thiol groups is 1. The van der Waals surface area contributed by atoms with Crippen LogP contribution in [-0.2, 0) is 4.79 Å². The van der Waals surface area contributed by atoms with Crippen molar-refractivity contribution >= 4 is 36.0 Å². The summed E-state index contributed by atoms with van der Waals surface area (Å²) in [6.45, 7) is 1.80. The second kappa shape index (κ2) is 16.0. The van der Waals surface area contributed by atoms with Gasteiger partial charge < -0.3 is 20.8 Å². The van der Waals surface area contributed by atoms with Crippen LogP contribution in [0.2, 0.25) is 0 Å². The van der Waals surface area contributed by atoms with E-state index in [4.69, 9.17) is 10.2 Å². The molecule has 2 aromatic carbocycles. The number of furan rings is 1. The zero-order chi connectivity index (χ0) is 27.8. The van der Waals surface area contributed by atoms with Gasteiger partial charge in [-0.3, -0.25) is 19.4 Å². The summed E-state index contributed by atoms with van der Waals surface area (Å²) in [7, 11) is 1.58. The van der Waals surface area contributed by atoms with Crippen LogP contribution in [0.5, 0.6) is 0 Å². The van der Waals surface area contributed by atoms with Crippen LogP contribution in [0.3, 0.4) is 0 Å². The summed E-state index contributed by atoms with van der Waals surface area (Å²) in [6.07, 6.45) is 4.41. The smallest absolute Gasteiger partial charge is 0.291 e. The van der Waals surface area contributed by atoms with Crippen molar-refractivity contribution in [3.05, 3.63) is 119 Å². The number of hydrogen-bond acceptors (Lipinski definition) is 6. The first kappa shape index (κ1) is 29.4. The predicted molar refractivity (Wildman–Crippen MR) is 151 cm³/mol. The van der Waals surface area contributed by atoms with Crippen LogP contribution in [0.15, 0.2) is 95.9 Å². The number of rotatable bonds is 4. The van der Waals surface area contributed by atoms with Crippen molar-refractivity contribution in [2.75, 3.05) is 18.1 Å². The number of nitrogens with zero attached hydrogens (tertiary/aromatic N) is 1. The van der Waals surface area contributed by atoms with Gasteiger partial charge in [-0.15, -0.1) is 0 Å². The highest BCUT2D eigenvalue weighted by Gasteiger charge is 2.12. The highest BCUT2D eigenvalue weighted by Crippen LogP contribution is 2.14. The number of benzene rings is 2. The van der Waals surface area contributed by atoms with Gasteiger partial charge in [0.05, 0.1) is 17.6 Å². The van der Waals surface area contributed by atoms with Gasteiger partial charge >= 0.3 is 0 Å². The number of carbonyl (C=O) groups excluding carboxylic acids is 3. The van der Waals surface area contributed by atoms with E-state index in [2.05, 4.69) is 40.1 Å². The highest BCUT2D eigenvalue weighted by molar-refractivity contribution is 7.81. The minimum absolute atomic E-state index is 0.0432. The van der Waals surface area contributed by atoms with Gasteiger partial charge in [0.25, 0.3) is 5.91 Å². The van der Waals surface area contributed by atoms with E-state index in [1.807, 2.05) is 42.5 Å². The summed E-state index contributed by atoms with van der Waals surface area (Å²) < 4.78 is 5.18.